The minimum absolute atomic E-state index is 0.0203. The Kier molecular flexibility index (Phi) is 6.23. The van der Waals surface area contributed by atoms with Gasteiger partial charge < -0.3 is 14.8 Å². The summed E-state index contributed by atoms with van der Waals surface area (Å²) >= 11 is 0. The molecule has 164 valence electrons. The highest BCUT2D eigenvalue weighted by Gasteiger charge is 2.21. The van der Waals surface area contributed by atoms with E-state index in [9.17, 15) is 4.79 Å². The summed E-state index contributed by atoms with van der Waals surface area (Å²) in [4.78, 5) is 17.3. The van der Waals surface area contributed by atoms with E-state index in [0.717, 1.165) is 51.6 Å². The summed E-state index contributed by atoms with van der Waals surface area (Å²) in [6, 6.07) is 7.87. The molecule has 2 heterocycles. The lowest BCUT2D eigenvalue weighted by molar-refractivity contribution is -0.116. The first kappa shape index (κ1) is 21.3. The van der Waals surface area contributed by atoms with Crippen molar-refractivity contribution in [3.63, 3.8) is 0 Å². The monoisotopic (exact) mass is 422 g/mol. The number of nitrogens with one attached hydrogen (secondary N) is 1. The fourth-order valence-corrected chi connectivity index (χ4v) is 3.94. The van der Waals surface area contributed by atoms with Crippen molar-refractivity contribution in [2.24, 2.45) is 13.0 Å². The number of amides is 1. The number of carbonyl (C=O) groups excluding carboxylic acids is 1. The molecule has 2 aromatic heterocycles. The molecule has 0 saturated heterocycles. The molecule has 7 nitrogen and oxygen atoms in total. The van der Waals surface area contributed by atoms with Crippen LogP contribution in [0.4, 0.5) is 5.69 Å². The van der Waals surface area contributed by atoms with Crippen molar-refractivity contribution in [2.45, 2.75) is 46.1 Å². The number of carbonyl (C=O) groups is 1. The number of nitrogens with zero attached hydrogens (tertiary/aromatic N) is 3. The van der Waals surface area contributed by atoms with Gasteiger partial charge in [0.05, 0.1) is 19.1 Å². The largest absolute Gasteiger partial charge is 0.479 e. The Hall–Kier alpha value is -2.93. The molecule has 0 spiro atoms. The third-order valence-electron chi connectivity index (χ3n) is 5.85. The van der Waals surface area contributed by atoms with E-state index < -0.39 is 0 Å². The van der Waals surface area contributed by atoms with Crippen LogP contribution in [0.25, 0.3) is 11.0 Å². The van der Waals surface area contributed by atoms with Crippen LogP contribution in [-0.2, 0) is 29.6 Å². The van der Waals surface area contributed by atoms with Crippen LogP contribution in [0.2, 0.25) is 0 Å². The lowest BCUT2D eigenvalue weighted by Gasteiger charge is -2.12. The minimum Gasteiger partial charge on any atom is -0.479 e. The van der Waals surface area contributed by atoms with E-state index in [-0.39, 0.29) is 5.91 Å². The van der Waals surface area contributed by atoms with Gasteiger partial charge in [0.25, 0.3) is 0 Å². The number of hydrogen-bond acceptors (Lipinski definition) is 5. The maximum absolute atomic E-state index is 12.6. The number of anilines is 1. The molecule has 4 rings (SSSR count). The maximum Gasteiger partial charge on any atom is 0.242 e. The summed E-state index contributed by atoms with van der Waals surface area (Å²) in [6.45, 7) is 5.43. The molecular formula is C24H30N4O3. The van der Waals surface area contributed by atoms with E-state index in [4.69, 9.17) is 14.5 Å². The standard InChI is InChI=1S/C24H30N4O3/c1-15-20(16(2)25-23-22(15)24(30-4)27-28(23)3)10-11-21(29)26-19-7-5-6-18(12-19)14-31-13-17-8-9-17/h5-7,12,17H,8-11,13-14H2,1-4H3,(H,26,29). The second-order valence-electron chi connectivity index (χ2n) is 8.34. The predicted octanol–water partition coefficient (Wildman–Crippen LogP) is 4.09. The molecule has 1 aliphatic carbocycles. The number of aromatic nitrogens is 3. The van der Waals surface area contributed by atoms with Gasteiger partial charge in [0.1, 0.15) is 0 Å². The molecule has 1 amide bonds. The Labute approximate surface area is 182 Å². The molecule has 0 atom stereocenters. The van der Waals surface area contributed by atoms with Crippen LogP contribution in [0.15, 0.2) is 24.3 Å². The van der Waals surface area contributed by atoms with Gasteiger partial charge in [-0.15, -0.1) is 5.10 Å². The van der Waals surface area contributed by atoms with Crippen LogP contribution in [0, 0.1) is 19.8 Å². The number of fused-ring (bicyclic) bond motifs is 1. The van der Waals surface area contributed by atoms with Crippen molar-refractivity contribution in [2.75, 3.05) is 19.0 Å². The molecule has 0 unspecified atom stereocenters. The summed E-state index contributed by atoms with van der Waals surface area (Å²) in [7, 11) is 3.47. The topological polar surface area (TPSA) is 78.3 Å². The first-order valence-corrected chi connectivity index (χ1v) is 10.8. The number of hydrogen-bond donors (Lipinski definition) is 1. The van der Waals surface area contributed by atoms with E-state index in [1.54, 1.807) is 11.8 Å². The first-order chi connectivity index (χ1) is 15.0. The highest BCUT2D eigenvalue weighted by Crippen LogP contribution is 2.31. The van der Waals surface area contributed by atoms with E-state index in [0.29, 0.717) is 25.3 Å². The molecule has 0 radical (unpaired) electrons. The quantitative estimate of drug-likeness (QED) is 0.562. The van der Waals surface area contributed by atoms with Gasteiger partial charge in [0.2, 0.25) is 11.8 Å². The smallest absolute Gasteiger partial charge is 0.242 e. The van der Waals surface area contributed by atoms with Gasteiger partial charge in [-0.3, -0.25) is 4.79 Å². The van der Waals surface area contributed by atoms with Gasteiger partial charge in [0, 0.05) is 31.5 Å². The number of benzene rings is 1. The van der Waals surface area contributed by atoms with Gasteiger partial charge >= 0.3 is 0 Å². The van der Waals surface area contributed by atoms with Crippen molar-refractivity contribution in [3.05, 3.63) is 46.6 Å². The molecule has 0 bridgehead atoms. The van der Waals surface area contributed by atoms with Crippen molar-refractivity contribution in [3.8, 4) is 5.88 Å². The average Bonchev–Trinajstić information content (AvgIpc) is 3.50. The lowest BCUT2D eigenvalue weighted by Crippen LogP contribution is -2.13. The second kappa shape index (κ2) is 9.06. The number of methoxy groups -OCH3 is 1. The first-order valence-electron chi connectivity index (χ1n) is 10.8. The Morgan fingerprint density at radius 2 is 2.10 bits per heavy atom. The summed E-state index contributed by atoms with van der Waals surface area (Å²) in [5.41, 5.74) is 5.71. The van der Waals surface area contributed by atoms with E-state index >= 15 is 0 Å². The summed E-state index contributed by atoms with van der Waals surface area (Å²) < 4.78 is 12.9. The van der Waals surface area contributed by atoms with Crippen LogP contribution in [0.1, 0.15) is 41.6 Å². The molecule has 3 aromatic rings. The molecule has 1 N–H and O–H groups in total. The molecule has 1 aliphatic rings. The van der Waals surface area contributed by atoms with Gasteiger partial charge in [0.15, 0.2) is 5.65 Å². The van der Waals surface area contributed by atoms with Gasteiger partial charge in [-0.1, -0.05) is 12.1 Å². The van der Waals surface area contributed by atoms with Crippen LogP contribution in [-0.4, -0.2) is 34.4 Å². The number of aryl methyl sites for hydroxylation is 3. The SMILES string of the molecule is COc1nn(C)c2nc(C)c(CCC(=O)Nc3cccc(COCC4CC4)c3)c(C)c12. The van der Waals surface area contributed by atoms with Crippen LogP contribution in [0.5, 0.6) is 5.88 Å². The summed E-state index contributed by atoms with van der Waals surface area (Å²) in [5, 5.41) is 8.31. The third-order valence-corrected chi connectivity index (χ3v) is 5.85. The lowest BCUT2D eigenvalue weighted by atomic mass is 10.00. The normalized spacial score (nSPS) is 13.5. The third kappa shape index (κ3) is 4.88. The van der Waals surface area contributed by atoms with Gasteiger partial charge in [-0.2, -0.15) is 0 Å². The maximum atomic E-state index is 12.6. The molecule has 1 aromatic carbocycles. The van der Waals surface area contributed by atoms with Gasteiger partial charge in [-0.25, -0.2) is 9.67 Å². The molecule has 1 saturated carbocycles. The Morgan fingerprint density at radius 3 is 2.84 bits per heavy atom. The van der Waals surface area contributed by atoms with Crippen LogP contribution in [0.3, 0.4) is 0 Å². The van der Waals surface area contributed by atoms with Crippen LogP contribution < -0.4 is 10.1 Å². The zero-order valence-corrected chi connectivity index (χ0v) is 18.7. The molecular weight excluding hydrogens is 392 g/mol. The highest BCUT2D eigenvalue weighted by molar-refractivity contribution is 5.91. The molecule has 31 heavy (non-hydrogen) atoms. The van der Waals surface area contributed by atoms with Crippen molar-refractivity contribution < 1.29 is 14.3 Å². The zero-order valence-electron chi connectivity index (χ0n) is 18.7. The van der Waals surface area contributed by atoms with E-state index in [1.807, 2.05) is 45.2 Å². The average molecular weight is 423 g/mol. The van der Waals surface area contributed by atoms with Gasteiger partial charge in [-0.05, 0) is 67.9 Å². The summed E-state index contributed by atoms with van der Waals surface area (Å²) in [6.07, 6.45) is 3.55. The molecule has 0 aliphatic heterocycles. The van der Waals surface area contributed by atoms with Crippen LogP contribution >= 0.6 is 0 Å². The highest BCUT2D eigenvalue weighted by atomic mass is 16.5. The van der Waals surface area contributed by atoms with Crippen molar-refractivity contribution in [1.29, 1.82) is 0 Å². The Bertz CT molecular complexity index is 1100. The minimum atomic E-state index is -0.0203. The van der Waals surface area contributed by atoms with E-state index in [1.165, 1.54) is 12.8 Å². The van der Waals surface area contributed by atoms with E-state index in [2.05, 4.69) is 10.4 Å². The Balaban J connectivity index is 1.40. The number of ether oxygens (including phenoxy) is 2. The molecule has 1 fully saturated rings. The number of rotatable bonds is 9. The zero-order chi connectivity index (χ0) is 22.0. The fraction of sp³-hybridized carbons (Fsp3) is 0.458. The summed E-state index contributed by atoms with van der Waals surface area (Å²) in [5.74, 6) is 1.29. The Morgan fingerprint density at radius 1 is 1.29 bits per heavy atom. The predicted molar refractivity (Wildman–Crippen MR) is 120 cm³/mol. The molecule has 7 heteroatoms. The fourth-order valence-electron chi connectivity index (χ4n) is 3.94. The van der Waals surface area contributed by atoms with Crippen molar-refractivity contribution >= 4 is 22.6 Å². The van der Waals surface area contributed by atoms with Crippen molar-refractivity contribution in [1.82, 2.24) is 14.8 Å². The number of pyridine rings is 1. The second-order valence-corrected chi connectivity index (χ2v) is 8.34.